The highest BCUT2D eigenvalue weighted by atomic mass is 19.1. The maximum absolute atomic E-state index is 13.3. The summed E-state index contributed by atoms with van der Waals surface area (Å²) in [5, 5.41) is 10.3. The number of aromatic amines is 1. The van der Waals surface area contributed by atoms with E-state index in [9.17, 15) is 9.18 Å². The van der Waals surface area contributed by atoms with Crippen molar-refractivity contribution >= 4 is 6.03 Å². The molecule has 1 aromatic carbocycles. The van der Waals surface area contributed by atoms with E-state index in [4.69, 9.17) is 0 Å². The van der Waals surface area contributed by atoms with Crippen LogP contribution in [0.1, 0.15) is 47.6 Å². The Morgan fingerprint density at radius 1 is 1.31 bits per heavy atom. The fraction of sp³-hybridized carbons (Fsp3) is 0.500. The summed E-state index contributed by atoms with van der Waals surface area (Å²) in [5.41, 5.74) is 4.63. The number of carbonyl (C=O) groups is 1. The van der Waals surface area contributed by atoms with E-state index in [1.54, 1.807) is 6.07 Å². The summed E-state index contributed by atoms with van der Waals surface area (Å²) in [5.74, 6) is 0.220. The number of amides is 2. The van der Waals surface area contributed by atoms with Crippen molar-refractivity contribution in [2.24, 2.45) is 0 Å². The first-order valence-corrected chi connectivity index (χ1v) is 9.43. The lowest BCUT2D eigenvalue weighted by atomic mass is 9.87. The van der Waals surface area contributed by atoms with E-state index < -0.39 is 0 Å². The average Bonchev–Trinajstić information content (AvgIpc) is 3.10. The second-order valence-corrected chi connectivity index (χ2v) is 7.53. The number of benzene rings is 1. The number of aryl methyl sites for hydroxylation is 2. The Morgan fingerprint density at radius 3 is 2.88 bits per heavy atom. The highest BCUT2D eigenvalue weighted by Crippen LogP contribution is 2.30. The maximum atomic E-state index is 13.3. The molecule has 1 aliphatic carbocycles. The predicted octanol–water partition coefficient (Wildman–Crippen LogP) is 3.30. The minimum Gasteiger partial charge on any atom is -0.335 e. The molecule has 2 amide bonds. The fourth-order valence-electron chi connectivity index (χ4n) is 4.29. The summed E-state index contributed by atoms with van der Waals surface area (Å²) in [6, 6.07) is 5.24. The number of nitrogens with zero attached hydrogens (tertiary/aromatic N) is 2. The number of piperidine rings is 1. The van der Waals surface area contributed by atoms with Gasteiger partial charge in [-0.3, -0.25) is 5.10 Å². The van der Waals surface area contributed by atoms with E-state index in [2.05, 4.69) is 15.5 Å². The molecule has 4 rings (SSSR count). The molecule has 1 atom stereocenters. The van der Waals surface area contributed by atoms with E-state index in [-0.39, 0.29) is 17.9 Å². The van der Waals surface area contributed by atoms with Crippen LogP contribution in [0.5, 0.6) is 0 Å². The zero-order chi connectivity index (χ0) is 18.1. The molecule has 0 bridgehead atoms. The number of halogens is 1. The van der Waals surface area contributed by atoms with Crippen LogP contribution in [0.25, 0.3) is 0 Å². The zero-order valence-electron chi connectivity index (χ0n) is 15.1. The summed E-state index contributed by atoms with van der Waals surface area (Å²) in [6.07, 6.45) is 6.48. The first-order valence-electron chi connectivity index (χ1n) is 9.43. The largest absolute Gasteiger partial charge is 0.335 e. The third kappa shape index (κ3) is 3.45. The number of urea groups is 1. The molecule has 138 valence electrons. The Morgan fingerprint density at radius 2 is 2.12 bits per heavy atom. The molecule has 6 heteroatoms. The van der Waals surface area contributed by atoms with Crippen LogP contribution < -0.4 is 5.32 Å². The van der Waals surface area contributed by atoms with Crippen molar-refractivity contribution in [3.05, 3.63) is 52.6 Å². The molecule has 26 heavy (non-hydrogen) atoms. The van der Waals surface area contributed by atoms with Gasteiger partial charge >= 0.3 is 6.03 Å². The molecule has 2 heterocycles. The lowest BCUT2D eigenvalue weighted by molar-refractivity contribution is 0.176. The van der Waals surface area contributed by atoms with Crippen LogP contribution in [0, 0.1) is 12.7 Å². The van der Waals surface area contributed by atoms with Gasteiger partial charge in [0.1, 0.15) is 5.82 Å². The number of fused-ring (bicyclic) bond motifs is 1. The van der Waals surface area contributed by atoms with Gasteiger partial charge in [-0.15, -0.1) is 0 Å². The van der Waals surface area contributed by atoms with Gasteiger partial charge in [-0.2, -0.15) is 5.10 Å². The number of aromatic nitrogens is 2. The van der Waals surface area contributed by atoms with Gasteiger partial charge in [0.15, 0.2) is 0 Å². The molecule has 0 unspecified atom stereocenters. The highest BCUT2D eigenvalue weighted by Gasteiger charge is 2.27. The van der Waals surface area contributed by atoms with Crippen LogP contribution in [-0.2, 0) is 12.8 Å². The SMILES string of the molecule is Cc1cc(F)ccc1C1CCN(C(=O)N[C@H]2CCc3cn[nH]c3C2)CC1. The third-order valence-corrected chi connectivity index (χ3v) is 5.80. The van der Waals surface area contributed by atoms with Gasteiger partial charge in [-0.25, -0.2) is 9.18 Å². The van der Waals surface area contributed by atoms with Crippen LogP contribution in [0.3, 0.4) is 0 Å². The Balaban J connectivity index is 1.31. The molecular weight excluding hydrogens is 331 g/mol. The van der Waals surface area contributed by atoms with E-state index in [1.165, 1.54) is 17.2 Å². The van der Waals surface area contributed by atoms with Crippen molar-refractivity contribution < 1.29 is 9.18 Å². The predicted molar refractivity (Wildman–Crippen MR) is 97.6 cm³/mol. The lowest BCUT2D eigenvalue weighted by Gasteiger charge is -2.34. The van der Waals surface area contributed by atoms with Crippen LogP contribution in [-0.4, -0.2) is 40.3 Å². The van der Waals surface area contributed by atoms with Gasteiger partial charge in [0.2, 0.25) is 0 Å². The van der Waals surface area contributed by atoms with Crippen LogP contribution >= 0.6 is 0 Å². The van der Waals surface area contributed by atoms with Crippen molar-refractivity contribution in [3.63, 3.8) is 0 Å². The van der Waals surface area contributed by atoms with E-state index in [1.807, 2.05) is 24.1 Å². The summed E-state index contributed by atoms with van der Waals surface area (Å²) in [4.78, 5) is 14.5. The van der Waals surface area contributed by atoms with Crippen molar-refractivity contribution in [1.29, 1.82) is 0 Å². The molecule has 0 saturated carbocycles. The van der Waals surface area contributed by atoms with E-state index in [0.29, 0.717) is 5.92 Å². The van der Waals surface area contributed by atoms with Crippen LogP contribution in [0.15, 0.2) is 24.4 Å². The number of hydrogen-bond acceptors (Lipinski definition) is 2. The highest BCUT2D eigenvalue weighted by molar-refractivity contribution is 5.74. The monoisotopic (exact) mass is 356 g/mol. The molecule has 1 fully saturated rings. The normalized spacial score (nSPS) is 20.7. The van der Waals surface area contributed by atoms with E-state index >= 15 is 0 Å². The van der Waals surface area contributed by atoms with Gasteiger partial charge in [-0.1, -0.05) is 6.07 Å². The summed E-state index contributed by atoms with van der Waals surface area (Å²) >= 11 is 0. The molecule has 2 N–H and O–H groups in total. The molecule has 0 radical (unpaired) electrons. The summed E-state index contributed by atoms with van der Waals surface area (Å²) < 4.78 is 13.3. The molecular formula is C20H25FN4O. The average molecular weight is 356 g/mol. The van der Waals surface area contributed by atoms with Gasteiger partial charge in [-0.05, 0) is 67.3 Å². The van der Waals surface area contributed by atoms with Crippen molar-refractivity contribution in [1.82, 2.24) is 20.4 Å². The second-order valence-electron chi connectivity index (χ2n) is 7.53. The Hall–Kier alpha value is -2.37. The zero-order valence-corrected chi connectivity index (χ0v) is 15.1. The minimum absolute atomic E-state index is 0.0345. The number of likely N-dealkylation sites (tertiary alicyclic amines) is 1. The van der Waals surface area contributed by atoms with Crippen molar-refractivity contribution in [3.8, 4) is 0 Å². The Kier molecular flexibility index (Phi) is 4.66. The van der Waals surface area contributed by atoms with Crippen LogP contribution in [0.4, 0.5) is 9.18 Å². The van der Waals surface area contributed by atoms with Gasteiger partial charge in [0.05, 0.1) is 6.20 Å². The molecule has 2 aliphatic rings. The van der Waals surface area contributed by atoms with Crippen molar-refractivity contribution in [2.45, 2.75) is 51.0 Å². The molecule has 1 aliphatic heterocycles. The number of nitrogens with one attached hydrogen (secondary N) is 2. The minimum atomic E-state index is -0.184. The maximum Gasteiger partial charge on any atom is 0.317 e. The third-order valence-electron chi connectivity index (χ3n) is 5.80. The topological polar surface area (TPSA) is 61.0 Å². The Bertz CT molecular complexity index is 795. The quantitative estimate of drug-likeness (QED) is 0.867. The summed E-state index contributed by atoms with van der Waals surface area (Å²) in [7, 11) is 0. The Labute approximate surface area is 153 Å². The molecule has 0 spiro atoms. The lowest BCUT2D eigenvalue weighted by Crippen LogP contribution is -2.49. The number of H-pyrrole nitrogens is 1. The van der Waals surface area contributed by atoms with Gasteiger partial charge < -0.3 is 10.2 Å². The molecule has 1 aromatic heterocycles. The fourth-order valence-corrected chi connectivity index (χ4v) is 4.29. The molecule has 2 aromatic rings. The molecule has 5 nitrogen and oxygen atoms in total. The first kappa shape index (κ1) is 17.1. The van der Waals surface area contributed by atoms with Crippen molar-refractivity contribution in [2.75, 3.05) is 13.1 Å². The van der Waals surface area contributed by atoms with Gasteiger partial charge in [0.25, 0.3) is 0 Å². The number of rotatable bonds is 2. The van der Waals surface area contributed by atoms with Gasteiger partial charge in [0, 0.05) is 31.2 Å². The van der Waals surface area contributed by atoms with Crippen LogP contribution in [0.2, 0.25) is 0 Å². The molecule has 1 saturated heterocycles. The number of hydrogen-bond donors (Lipinski definition) is 2. The first-order chi connectivity index (χ1) is 12.6. The second kappa shape index (κ2) is 7.09. The summed E-state index contributed by atoms with van der Waals surface area (Å²) in [6.45, 7) is 3.45. The van der Waals surface area contributed by atoms with E-state index in [0.717, 1.165) is 56.5 Å². The number of carbonyl (C=O) groups excluding carboxylic acids is 1. The smallest absolute Gasteiger partial charge is 0.317 e. The standard InChI is InChI=1S/C20H25FN4O/c1-13-10-16(21)3-5-18(13)14-6-8-25(9-7-14)20(26)23-17-4-2-15-12-22-24-19(15)11-17/h3,5,10,12,14,17H,2,4,6-9,11H2,1H3,(H,22,24)(H,23,26)/t17-/m0/s1.